The van der Waals surface area contributed by atoms with Crippen molar-refractivity contribution in [2.24, 2.45) is 5.92 Å². The Morgan fingerprint density at radius 1 is 1.38 bits per heavy atom. The van der Waals surface area contributed by atoms with E-state index >= 15 is 0 Å². The number of rotatable bonds is 5. The number of urea groups is 1. The van der Waals surface area contributed by atoms with Crippen molar-refractivity contribution in [1.29, 1.82) is 0 Å². The summed E-state index contributed by atoms with van der Waals surface area (Å²) in [6.07, 6.45) is 3.53. The maximum atomic E-state index is 12.9. The summed E-state index contributed by atoms with van der Waals surface area (Å²) in [5.41, 5.74) is 0.116. The Kier molecular flexibility index (Phi) is 5.44. The maximum Gasteiger partial charge on any atom is 0.325 e. The van der Waals surface area contributed by atoms with Crippen LogP contribution in [0.3, 0.4) is 0 Å². The molecule has 0 aromatic carbocycles. The summed E-state index contributed by atoms with van der Waals surface area (Å²) >= 11 is 3.18. The highest BCUT2D eigenvalue weighted by molar-refractivity contribution is 7.16. The van der Waals surface area contributed by atoms with Crippen LogP contribution in [0.2, 0.25) is 0 Å². The topological polar surface area (TPSA) is 91.4 Å². The van der Waals surface area contributed by atoms with E-state index in [4.69, 9.17) is 0 Å². The highest BCUT2D eigenvalue weighted by Gasteiger charge is 2.55. The molecule has 2 aromatic heterocycles. The van der Waals surface area contributed by atoms with Crippen LogP contribution >= 0.6 is 22.7 Å². The molecule has 29 heavy (non-hydrogen) atoms. The van der Waals surface area contributed by atoms with Gasteiger partial charge in [-0.1, -0.05) is 19.8 Å². The van der Waals surface area contributed by atoms with Gasteiger partial charge >= 0.3 is 6.03 Å². The summed E-state index contributed by atoms with van der Waals surface area (Å²) in [6, 6.07) is 3.49. The largest absolute Gasteiger partial charge is 0.350 e. The number of aryl methyl sites for hydroxylation is 1. The summed E-state index contributed by atoms with van der Waals surface area (Å²) < 4.78 is 0. The molecule has 3 heterocycles. The van der Waals surface area contributed by atoms with Crippen LogP contribution in [-0.4, -0.2) is 39.8 Å². The summed E-state index contributed by atoms with van der Waals surface area (Å²) in [7, 11) is 0. The van der Waals surface area contributed by atoms with Gasteiger partial charge in [0.05, 0.1) is 22.1 Å². The SMILES string of the molecule is Cc1nc(-c2ccc(CNC(=O)CN3C(=O)NC4(CCCCC4C)C3=O)s2)cs1. The number of aromatic nitrogens is 1. The zero-order valence-corrected chi connectivity index (χ0v) is 18.1. The molecule has 2 N–H and O–H groups in total. The van der Waals surface area contributed by atoms with Gasteiger partial charge in [0.25, 0.3) is 5.91 Å². The Bertz CT molecular complexity index is 953. The molecule has 2 aliphatic rings. The average molecular weight is 433 g/mol. The highest BCUT2D eigenvalue weighted by Crippen LogP contribution is 2.38. The van der Waals surface area contributed by atoms with Crippen molar-refractivity contribution in [2.45, 2.75) is 51.6 Å². The Labute approximate surface area is 177 Å². The molecule has 1 spiro atoms. The number of nitrogens with zero attached hydrogens (tertiary/aromatic N) is 2. The third-order valence-corrected chi connectivity index (χ3v) is 7.68. The number of thiophene rings is 1. The minimum absolute atomic E-state index is 0.0830. The second kappa shape index (κ2) is 7.87. The first-order chi connectivity index (χ1) is 13.9. The van der Waals surface area contributed by atoms with Gasteiger partial charge in [-0.2, -0.15) is 0 Å². The van der Waals surface area contributed by atoms with Crippen LogP contribution < -0.4 is 10.6 Å². The molecule has 4 amide bonds. The van der Waals surface area contributed by atoms with Gasteiger partial charge in [-0.25, -0.2) is 9.78 Å². The van der Waals surface area contributed by atoms with Crippen molar-refractivity contribution >= 4 is 40.5 Å². The Hall–Kier alpha value is -2.26. The Morgan fingerprint density at radius 2 is 2.21 bits per heavy atom. The number of thiazole rings is 1. The van der Waals surface area contributed by atoms with Crippen molar-refractivity contribution in [3.8, 4) is 10.6 Å². The van der Waals surface area contributed by atoms with E-state index in [1.807, 2.05) is 31.4 Å². The molecular formula is C20H24N4O3S2. The van der Waals surface area contributed by atoms with Gasteiger partial charge in [-0.05, 0) is 37.8 Å². The van der Waals surface area contributed by atoms with Gasteiger partial charge in [0, 0.05) is 10.3 Å². The van der Waals surface area contributed by atoms with Crippen molar-refractivity contribution in [3.05, 3.63) is 27.4 Å². The third-order valence-electron chi connectivity index (χ3n) is 5.80. The molecule has 2 unspecified atom stereocenters. The second-order valence-electron chi connectivity index (χ2n) is 7.73. The summed E-state index contributed by atoms with van der Waals surface area (Å²) in [5.74, 6) is -0.518. The van der Waals surface area contributed by atoms with E-state index in [-0.39, 0.29) is 24.3 Å². The smallest absolute Gasteiger partial charge is 0.325 e. The molecule has 1 saturated carbocycles. The monoisotopic (exact) mass is 432 g/mol. The van der Waals surface area contributed by atoms with Gasteiger partial charge in [-0.3, -0.25) is 14.5 Å². The Balaban J connectivity index is 1.35. The summed E-state index contributed by atoms with van der Waals surface area (Å²) in [6.45, 7) is 4.08. The van der Waals surface area contributed by atoms with E-state index in [0.717, 1.165) is 44.6 Å². The standard InChI is InChI=1S/C20H24N4O3S2/c1-12-5-3-4-8-20(12)18(26)24(19(27)23-20)10-17(25)21-9-14-6-7-16(29-14)15-11-28-13(2)22-15/h6-7,11-12H,3-5,8-10H2,1-2H3,(H,21,25)(H,23,27). The summed E-state index contributed by atoms with van der Waals surface area (Å²) in [5, 5.41) is 8.73. The maximum absolute atomic E-state index is 12.9. The fourth-order valence-electron chi connectivity index (χ4n) is 4.11. The average Bonchev–Trinajstić information content (AvgIpc) is 3.39. The first kappa shape index (κ1) is 20.0. The molecule has 7 nitrogen and oxygen atoms in total. The zero-order chi connectivity index (χ0) is 20.6. The molecule has 2 aromatic rings. The molecule has 0 radical (unpaired) electrons. The van der Waals surface area contributed by atoms with Gasteiger partial charge in [0.2, 0.25) is 5.91 Å². The van der Waals surface area contributed by atoms with Gasteiger partial charge in [-0.15, -0.1) is 22.7 Å². The lowest BCUT2D eigenvalue weighted by molar-refractivity contribution is -0.137. The van der Waals surface area contributed by atoms with Crippen LogP contribution in [0.5, 0.6) is 0 Å². The molecule has 1 saturated heterocycles. The van der Waals surface area contributed by atoms with Gasteiger partial charge in [0.15, 0.2) is 0 Å². The number of hydrogen-bond donors (Lipinski definition) is 2. The van der Waals surface area contributed by atoms with Crippen LogP contribution in [0, 0.1) is 12.8 Å². The number of amides is 4. The Morgan fingerprint density at radius 3 is 2.93 bits per heavy atom. The van der Waals surface area contributed by atoms with Gasteiger partial charge < -0.3 is 10.6 Å². The number of carbonyl (C=O) groups is 3. The van der Waals surface area contributed by atoms with Crippen LogP contribution in [0.15, 0.2) is 17.5 Å². The lowest BCUT2D eigenvalue weighted by Gasteiger charge is -2.36. The first-order valence-corrected chi connectivity index (χ1v) is 11.5. The predicted octanol–water partition coefficient (Wildman–Crippen LogP) is 3.30. The molecular weight excluding hydrogens is 408 g/mol. The van der Waals surface area contributed by atoms with Crippen LogP contribution in [0.4, 0.5) is 4.79 Å². The number of carbonyl (C=O) groups excluding carboxylic acids is 3. The fourth-order valence-corrected chi connectivity index (χ4v) is 5.71. The highest BCUT2D eigenvalue weighted by atomic mass is 32.1. The normalized spacial score (nSPS) is 24.2. The minimum Gasteiger partial charge on any atom is -0.350 e. The fraction of sp³-hybridized carbons (Fsp3) is 0.500. The first-order valence-electron chi connectivity index (χ1n) is 9.81. The molecule has 0 bridgehead atoms. The molecule has 1 aliphatic heterocycles. The van der Waals surface area contributed by atoms with Crippen LogP contribution in [-0.2, 0) is 16.1 Å². The van der Waals surface area contributed by atoms with Crippen LogP contribution in [0.1, 0.15) is 42.5 Å². The van der Waals surface area contributed by atoms with E-state index < -0.39 is 11.6 Å². The number of nitrogens with one attached hydrogen (secondary N) is 2. The lowest BCUT2D eigenvalue weighted by atomic mass is 9.73. The molecule has 2 fully saturated rings. The van der Waals surface area contributed by atoms with Crippen molar-refractivity contribution < 1.29 is 14.4 Å². The van der Waals surface area contributed by atoms with E-state index in [9.17, 15) is 14.4 Å². The van der Waals surface area contributed by atoms with E-state index in [2.05, 4.69) is 15.6 Å². The molecule has 154 valence electrons. The molecule has 4 rings (SSSR count). The van der Waals surface area contributed by atoms with E-state index in [0.29, 0.717) is 13.0 Å². The quantitative estimate of drug-likeness (QED) is 0.709. The van der Waals surface area contributed by atoms with Crippen molar-refractivity contribution in [1.82, 2.24) is 20.5 Å². The summed E-state index contributed by atoms with van der Waals surface area (Å²) in [4.78, 5) is 45.3. The second-order valence-corrected chi connectivity index (χ2v) is 9.96. The minimum atomic E-state index is -0.829. The van der Waals surface area contributed by atoms with E-state index in [1.165, 1.54) is 0 Å². The van der Waals surface area contributed by atoms with Crippen molar-refractivity contribution in [2.75, 3.05) is 6.54 Å². The number of hydrogen-bond acceptors (Lipinski definition) is 6. The van der Waals surface area contributed by atoms with E-state index in [1.54, 1.807) is 22.7 Å². The van der Waals surface area contributed by atoms with Gasteiger partial charge in [0.1, 0.15) is 12.1 Å². The molecule has 2 atom stereocenters. The predicted molar refractivity (Wildman–Crippen MR) is 113 cm³/mol. The molecule has 9 heteroatoms. The lowest BCUT2D eigenvalue weighted by Crippen LogP contribution is -2.54. The number of imide groups is 1. The third kappa shape index (κ3) is 3.81. The zero-order valence-electron chi connectivity index (χ0n) is 16.5. The molecule has 1 aliphatic carbocycles. The van der Waals surface area contributed by atoms with Crippen molar-refractivity contribution in [3.63, 3.8) is 0 Å². The van der Waals surface area contributed by atoms with Crippen LogP contribution in [0.25, 0.3) is 10.6 Å².